The van der Waals surface area contributed by atoms with E-state index < -0.39 is 10.0 Å². The Hall–Kier alpha value is -0.820. The van der Waals surface area contributed by atoms with Gasteiger partial charge in [-0.05, 0) is 18.2 Å². The molecular weight excluding hydrogens is 311 g/mol. The van der Waals surface area contributed by atoms with E-state index in [4.69, 9.17) is 28.4 Å². The van der Waals surface area contributed by atoms with E-state index in [1.54, 1.807) is 0 Å². The summed E-state index contributed by atoms with van der Waals surface area (Å²) in [6, 6.07) is 4.23. The predicted octanol–water partition coefficient (Wildman–Crippen LogP) is 2.61. The number of hydrogen-bond acceptors (Lipinski definition) is 4. The highest BCUT2D eigenvalue weighted by Gasteiger charge is 2.28. The third kappa shape index (κ3) is 3.20. The molecule has 2 rings (SSSR count). The van der Waals surface area contributed by atoms with Crippen molar-refractivity contribution in [3.8, 4) is 0 Å². The van der Waals surface area contributed by atoms with E-state index in [1.807, 2.05) is 0 Å². The van der Waals surface area contributed by atoms with Crippen molar-refractivity contribution in [1.82, 2.24) is 4.31 Å². The first-order chi connectivity index (χ1) is 8.93. The minimum atomic E-state index is -3.61. The van der Waals surface area contributed by atoms with Crippen LogP contribution in [-0.2, 0) is 10.0 Å². The molecule has 8 heteroatoms. The highest BCUT2D eigenvalue weighted by atomic mass is 35.5. The fourth-order valence-electron chi connectivity index (χ4n) is 1.91. The quantitative estimate of drug-likeness (QED) is 0.672. The van der Waals surface area contributed by atoms with Gasteiger partial charge in [-0.2, -0.15) is 4.31 Å². The van der Waals surface area contributed by atoms with Crippen LogP contribution in [0.5, 0.6) is 0 Å². The van der Waals surface area contributed by atoms with E-state index in [2.05, 4.69) is 5.16 Å². The molecular formula is C11H12Cl2N2O3S. The zero-order valence-corrected chi connectivity index (χ0v) is 12.2. The zero-order valence-electron chi connectivity index (χ0n) is 9.88. The number of sulfonamides is 1. The van der Waals surface area contributed by atoms with Crippen LogP contribution in [-0.4, -0.2) is 36.7 Å². The monoisotopic (exact) mass is 322 g/mol. The van der Waals surface area contributed by atoms with Crippen LogP contribution in [0.25, 0.3) is 0 Å². The maximum absolute atomic E-state index is 12.4. The van der Waals surface area contributed by atoms with Crippen LogP contribution in [0, 0.1) is 0 Å². The molecule has 0 amide bonds. The van der Waals surface area contributed by atoms with Gasteiger partial charge < -0.3 is 5.21 Å². The number of piperidine rings is 1. The van der Waals surface area contributed by atoms with Gasteiger partial charge in [0.05, 0.1) is 10.6 Å². The number of halogens is 2. The molecule has 0 aliphatic carbocycles. The third-order valence-corrected chi connectivity index (χ3v) is 5.23. The first-order valence-corrected chi connectivity index (χ1v) is 7.79. The average molecular weight is 323 g/mol. The van der Waals surface area contributed by atoms with Gasteiger partial charge in [0, 0.05) is 36.0 Å². The Morgan fingerprint density at radius 1 is 1.11 bits per heavy atom. The van der Waals surface area contributed by atoms with Gasteiger partial charge in [-0.25, -0.2) is 8.42 Å². The summed E-state index contributed by atoms with van der Waals surface area (Å²) in [6.07, 6.45) is 0.841. The van der Waals surface area contributed by atoms with Crippen LogP contribution in [0.4, 0.5) is 0 Å². The van der Waals surface area contributed by atoms with Crippen molar-refractivity contribution in [3.63, 3.8) is 0 Å². The van der Waals surface area contributed by atoms with Gasteiger partial charge >= 0.3 is 0 Å². The van der Waals surface area contributed by atoms with Crippen molar-refractivity contribution in [1.29, 1.82) is 0 Å². The third-order valence-electron chi connectivity index (χ3n) is 2.91. The fraction of sp³-hybridized carbons (Fsp3) is 0.364. The minimum Gasteiger partial charge on any atom is -0.411 e. The summed E-state index contributed by atoms with van der Waals surface area (Å²) in [4.78, 5) is 0.0781. The Morgan fingerprint density at radius 3 is 2.11 bits per heavy atom. The topological polar surface area (TPSA) is 70.0 Å². The lowest BCUT2D eigenvalue weighted by molar-refractivity contribution is 0.310. The molecule has 1 aromatic rings. The zero-order chi connectivity index (χ0) is 14.0. The maximum Gasteiger partial charge on any atom is 0.243 e. The number of oxime groups is 1. The number of benzene rings is 1. The summed E-state index contributed by atoms with van der Waals surface area (Å²) in [5.74, 6) is 0. The van der Waals surface area contributed by atoms with Crippen molar-refractivity contribution in [2.45, 2.75) is 17.7 Å². The Morgan fingerprint density at radius 2 is 1.63 bits per heavy atom. The molecule has 0 unspecified atom stereocenters. The summed E-state index contributed by atoms with van der Waals surface area (Å²) in [7, 11) is -3.61. The van der Waals surface area contributed by atoms with Gasteiger partial charge in [0.15, 0.2) is 0 Å². The Labute approximate surface area is 121 Å². The van der Waals surface area contributed by atoms with Crippen molar-refractivity contribution >= 4 is 38.9 Å². The second-order valence-corrected chi connectivity index (χ2v) is 6.99. The average Bonchev–Trinajstić information content (AvgIpc) is 2.37. The minimum absolute atomic E-state index is 0.0781. The molecule has 1 N–H and O–H groups in total. The SMILES string of the molecule is O=S(=O)(c1cc(Cl)cc(Cl)c1)N1CCC(=NO)CC1. The molecule has 0 bridgehead atoms. The van der Waals surface area contributed by atoms with Gasteiger partial charge in [-0.3, -0.25) is 0 Å². The molecule has 19 heavy (non-hydrogen) atoms. The second-order valence-electron chi connectivity index (χ2n) is 4.18. The molecule has 1 saturated heterocycles. The summed E-state index contributed by atoms with van der Waals surface area (Å²) < 4.78 is 26.1. The number of nitrogens with zero attached hydrogens (tertiary/aromatic N) is 2. The Bertz CT molecular complexity index is 586. The van der Waals surface area contributed by atoms with Crippen LogP contribution in [0.15, 0.2) is 28.3 Å². The molecule has 5 nitrogen and oxygen atoms in total. The highest BCUT2D eigenvalue weighted by molar-refractivity contribution is 7.89. The van der Waals surface area contributed by atoms with Crippen LogP contribution in [0.1, 0.15) is 12.8 Å². The standard InChI is InChI=1S/C11H12Cl2N2O3S/c12-8-5-9(13)7-11(6-8)19(17,18)15-3-1-10(14-16)2-4-15/h5-7,16H,1-4H2. The second kappa shape index (κ2) is 5.66. The van der Waals surface area contributed by atoms with Gasteiger partial charge in [-0.15, -0.1) is 0 Å². The molecule has 0 atom stereocenters. The van der Waals surface area contributed by atoms with Gasteiger partial charge in [0.1, 0.15) is 0 Å². The van der Waals surface area contributed by atoms with Crippen molar-refractivity contribution in [3.05, 3.63) is 28.2 Å². The van der Waals surface area contributed by atoms with Crippen LogP contribution in [0.2, 0.25) is 10.0 Å². The molecule has 1 aromatic carbocycles. The van der Waals surface area contributed by atoms with Gasteiger partial charge in [0.2, 0.25) is 10.0 Å². The number of hydrogen-bond donors (Lipinski definition) is 1. The molecule has 1 aliphatic rings. The normalized spacial score (nSPS) is 17.5. The summed E-state index contributed by atoms with van der Waals surface area (Å²) in [6.45, 7) is 0.567. The fourth-order valence-corrected chi connectivity index (χ4v) is 4.08. The largest absolute Gasteiger partial charge is 0.411 e. The van der Waals surface area contributed by atoms with Gasteiger partial charge in [-0.1, -0.05) is 28.4 Å². The van der Waals surface area contributed by atoms with Crippen molar-refractivity contribution in [2.24, 2.45) is 5.16 Å². The van der Waals surface area contributed by atoms with E-state index in [-0.39, 0.29) is 28.0 Å². The molecule has 0 spiro atoms. The van der Waals surface area contributed by atoms with Crippen LogP contribution >= 0.6 is 23.2 Å². The molecule has 0 saturated carbocycles. The van der Waals surface area contributed by atoms with E-state index >= 15 is 0 Å². The van der Waals surface area contributed by atoms with E-state index in [0.29, 0.717) is 18.6 Å². The predicted molar refractivity (Wildman–Crippen MR) is 73.7 cm³/mol. The van der Waals surface area contributed by atoms with Crippen molar-refractivity contribution in [2.75, 3.05) is 13.1 Å². The first kappa shape index (κ1) is 14.6. The lowest BCUT2D eigenvalue weighted by Crippen LogP contribution is -2.38. The molecule has 0 radical (unpaired) electrons. The lowest BCUT2D eigenvalue weighted by atomic mass is 10.1. The van der Waals surface area contributed by atoms with Crippen LogP contribution < -0.4 is 0 Å². The van der Waals surface area contributed by atoms with E-state index in [9.17, 15) is 8.42 Å². The Balaban J connectivity index is 2.28. The first-order valence-electron chi connectivity index (χ1n) is 5.59. The van der Waals surface area contributed by atoms with Crippen molar-refractivity contribution < 1.29 is 13.6 Å². The van der Waals surface area contributed by atoms with E-state index in [0.717, 1.165) is 0 Å². The van der Waals surface area contributed by atoms with E-state index in [1.165, 1.54) is 22.5 Å². The highest BCUT2D eigenvalue weighted by Crippen LogP contribution is 2.26. The number of rotatable bonds is 2. The van der Waals surface area contributed by atoms with Gasteiger partial charge in [0.25, 0.3) is 0 Å². The maximum atomic E-state index is 12.4. The van der Waals surface area contributed by atoms with Crippen LogP contribution in [0.3, 0.4) is 0 Å². The summed E-state index contributed by atoms with van der Waals surface area (Å²) in [5.41, 5.74) is 0.607. The molecule has 1 aliphatic heterocycles. The lowest BCUT2D eigenvalue weighted by Gasteiger charge is -2.26. The summed E-state index contributed by atoms with van der Waals surface area (Å²) in [5, 5.41) is 12.3. The Kier molecular flexibility index (Phi) is 4.35. The molecule has 1 fully saturated rings. The molecule has 104 valence electrons. The molecule has 0 aromatic heterocycles. The smallest absolute Gasteiger partial charge is 0.243 e. The molecule has 1 heterocycles. The summed E-state index contributed by atoms with van der Waals surface area (Å²) >= 11 is 11.6.